The fraction of sp³-hybridized carbons (Fsp3) is 0.0455. The number of hydrogen-bond donors (Lipinski definition) is 0. The summed E-state index contributed by atoms with van der Waals surface area (Å²) in [4.78, 5) is 0. The molecule has 1 aliphatic rings. The first-order valence-electron chi connectivity index (χ1n) is 15.8. The van der Waals surface area contributed by atoms with Crippen LogP contribution in [0.1, 0.15) is 18.4 Å². The molecule has 9 rings (SSSR count). The molecule has 1 heterocycles. The highest BCUT2D eigenvalue weighted by atomic mass is 16.3. The lowest BCUT2D eigenvalue weighted by Crippen LogP contribution is -1.95. The molecule has 212 valence electrons. The molecule has 0 radical (unpaired) electrons. The SMILES string of the molecule is C1=CCCC(c2ccc(-c3c4ccccc4c(-c4cccc5oc6ccccc6c45)c4ccccc34)cc2-c2ccccc2)=C1. The van der Waals surface area contributed by atoms with Crippen molar-refractivity contribution in [3.05, 3.63) is 163 Å². The third-order valence-electron chi connectivity index (χ3n) is 9.36. The lowest BCUT2D eigenvalue weighted by molar-refractivity contribution is 0.669. The zero-order chi connectivity index (χ0) is 29.7. The van der Waals surface area contributed by atoms with Gasteiger partial charge in [0.2, 0.25) is 0 Å². The Morgan fingerprint density at radius 3 is 1.80 bits per heavy atom. The molecular weight excluding hydrogens is 544 g/mol. The maximum Gasteiger partial charge on any atom is 0.136 e. The van der Waals surface area contributed by atoms with Crippen LogP contribution >= 0.6 is 0 Å². The Morgan fingerprint density at radius 1 is 0.444 bits per heavy atom. The number of rotatable bonds is 4. The molecule has 0 amide bonds. The van der Waals surface area contributed by atoms with Crippen LogP contribution in [0.25, 0.3) is 82.4 Å². The molecular formula is C44H30O. The Balaban J connectivity index is 1.37. The van der Waals surface area contributed by atoms with Crippen molar-refractivity contribution in [3.63, 3.8) is 0 Å². The smallest absolute Gasteiger partial charge is 0.136 e. The average Bonchev–Trinajstić information content (AvgIpc) is 3.50. The van der Waals surface area contributed by atoms with E-state index in [1.807, 2.05) is 6.07 Å². The molecule has 0 atom stereocenters. The van der Waals surface area contributed by atoms with Gasteiger partial charge in [-0.25, -0.2) is 0 Å². The second-order valence-corrected chi connectivity index (χ2v) is 11.9. The van der Waals surface area contributed by atoms with E-state index in [9.17, 15) is 0 Å². The minimum Gasteiger partial charge on any atom is -0.456 e. The lowest BCUT2D eigenvalue weighted by Gasteiger charge is -2.20. The van der Waals surface area contributed by atoms with Gasteiger partial charge < -0.3 is 4.42 Å². The molecule has 1 nitrogen and oxygen atoms in total. The molecule has 8 aromatic rings. The average molecular weight is 575 g/mol. The van der Waals surface area contributed by atoms with Crippen LogP contribution in [-0.2, 0) is 0 Å². The highest BCUT2D eigenvalue weighted by molar-refractivity contribution is 6.25. The molecule has 1 aromatic heterocycles. The van der Waals surface area contributed by atoms with E-state index in [1.165, 1.54) is 71.4 Å². The van der Waals surface area contributed by atoms with Crippen molar-refractivity contribution >= 4 is 49.1 Å². The van der Waals surface area contributed by atoms with Gasteiger partial charge in [0, 0.05) is 10.8 Å². The van der Waals surface area contributed by atoms with Crippen LogP contribution in [0.2, 0.25) is 0 Å². The standard InChI is InChI=1S/C44H30O/c1-3-14-29(15-4-1)32-27-26-31(28-39(32)30-16-5-2-6-17-30)42-33-18-7-9-20-35(33)43(36-21-10-8-19-34(36)42)38-23-13-25-41-44(38)37-22-11-12-24-40(37)45-41/h1-3,5-14,16-28H,4,15H2. The molecule has 1 heteroatoms. The zero-order valence-corrected chi connectivity index (χ0v) is 24.8. The predicted octanol–water partition coefficient (Wildman–Crippen LogP) is 12.6. The predicted molar refractivity (Wildman–Crippen MR) is 191 cm³/mol. The first kappa shape index (κ1) is 25.8. The number of fused-ring (bicyclic) bond motifs is 5. The van der Waals surface area contributed by atoms with Crippen LogP contribution < -0.4 is 0 Å². The first-order valence-corrected chi connectivity index (χ1v) is 15.8. The van der Waals surface area contributed by atoms with Crippen molar-refractivity contribution in [3.8, 4) is 33.4 Å². The van der Waals surface area contributed by atoms with Gasteiger partial charge >= 0.3 is 0 Å². The molecule has 0 bridgehead atoms. The number of para-hydroxylation sites is 1. The van der Waals surface area contributed by atoms with Gasteiger partial charge in [-0.3, -0.25) is 0 Å². The Kier molecular flexibility index (Phi) is 6.02. The summed E-state index contributed by atoms with van der Waals surface area (Å²) in [7, 11) is 0. The van der Waals surface area contributed by atoms with Gasteiger partial charge in [-0.1, -0.05) is 140 Å². The molecule has 0 fully saturated rings. The minimum absolute atomic E-state index is 0.917. The van der Waals surface area contributed by atoms with Crippen molar-refractivity contribution in [1.29, 1.82) is 0 Å². The Bertz CT molecular complexity index is 2410. The fourth-order valence-corrected chi connectivity index (χ4v) is 7.38. The van der Waals surface area contributed by atoms with E-state index in [1.54, 1.807) is 0 Å². The quantitative estimate of drug-likeness (QED) is 0.191. The summed E-state index contributed by atoms with van der Waals surface area (Å²) < 4.78 is 6.34. The van der Waals surface area contributed by atoms with Crippen LogP contribution in [-0.4, -0.2) is 0 Å². The summed E-state index contributed by atoms with van der Waals surface area (Å²) in [5.41, 5.74) is 12.0. The zero-order valence-electron chi connectivity index (χ0n) is 24.8. The third kappa shape index (κ3) is 4.16. The number of furan rings is 1. The normalized spacial score (nSPS) is 13.2. The maximum atomic E-state index is 6.34. The van der Waals surface area contributed by atoms with Crippen molar-refractivity contribution in [2.24, 2.45) is 0 Å². The van der Waals surface area contributed by atoms with E-state index < -0.39 is 0 Å². The van der Waals surface area contributed by atoms with Gasteiger partial charge in [0.1, 0.15) is 11.2 Å². The van der Waals surface area contributed by atoms with Crippen LogP contribution in [0.4, 0.5) is 0 Å². The molecule has 0 aliphatic heterocycles. The molecule has 0 N–H and O–H groups in total. The number of allylic oxidation sites excluding steroid dienone is 4. The Hall–Kier alpha value is -5.66. The number of hydrogen-bond acceptors (Lipinski definition) is 1. The summed E-state index contributed by atoms with van der Waals surface area (Å²) in [6.45, 7) is 0. The molecule has 45 heavy (non-hydrogen) atoms. The summed E-state index contributed by atoms with van der Waals surface area (Å²) in [5, 5.41) is 7.31. The van der Waals surface area contributed by atoms with Gasteiger partial charge in [-0.05, 0) is 97.1 Å². The topological polar surface area (TPSA) is 13.1 Å². The van der Waals surface area contributed by atoms with E-state index >= 15 is 0 Å². The van der Waals surface area contributed by atoms with Crippen LogP contribution in [0.15, 0.2) is 162 Å². The van der Waals surface area contributed by atoms with E-state index in [2.05, 4.69) is 152 Å². The first-order chi connectivity index (χ1) is 22.3. The summed E-state index contributed by atoms with van der Waals surface area (Å²) in [5.74, 6) is 0. The highest BCUT2D eigenvalue weighted by Gasteiger charge is 2.21. The van der Waals surface area contributed by atoms with Gasteiger partial charge in [-0.2, -0.15) is 0 Å². The molecule has 0 unspecified atom stereocenters. The molecule has 0 saturated heterocycles. The third-order valence-corrected chi connectivity index (χ3v) is 9.36. The van der Waals surface area contributed by atoms with Crippen LogP contribution in [0, 0.1) is 0 Å². The number of benzene rings is 7. The molecule has 0 saturated carbocycles. The van der Waals surface area contributed by atoms with E-state index in [4.69, 9.17) is 4.42 Å². The maximum absolute atomic E-state index is 6.34. The van der Waals surface area contributed by atoms with Crippen LogP contribution in [0.5, 0.6) is 0 Å². The minimum atomic E-state index is 0.917. The van der Waals surface area contributed by atoms with E-state index in [0.29, 0.717) is 0 Å². The van der Waals surface area contributed by atoms with Gasteiger partial charge in [0.15, 0.2) is 0 Å². The van der Waals surface area contributed by atoms with Crippen molar-refractivity contribution in [2.45, 2.75) is 12.8 Å². The van der Waals surface area contributed by atoms with E-state index in [-0.39, 0.29) is 0 Å². The molecule has 1 aliphatic carbocycles. The highest BCUT2D eigenvalue weighted by Crippen LogP contribution is 2.47. The van der Waals surface area contributed by atoms with Crippen molar-refractivity contribution in [1.82, 2.24) is 0 Å². The van der Waals surface area contributed by atoms with Crippen molar-refractivity contribution in [2.75, 3.05) is 0 Å². The summed E-state index contributed by atoms with van der Waals surface area (Å²) in [6.07, 6.45) is 8.88. The van der Waals surface area contributed by atoms with Crippen LogP contribution in [0.3, 0.4) is 0 Å². The molecule has 7 aromatic carbocycles. The van der Waals surface area contributed by atoms with Gasteiger partial charge in [-0.15, -0.1) is 0 Å². The monoisotopic (exact) mass is 574 g/mol. The van der Waals surface area contributed by atoms with Gasteiger partial charge in [0.05, 0.1) is 0 Å². The summed E-state index contributed by atoms with van der Waals surface area (Å²) >= 11 is 0. The Morgan fingerprint density at radius 2 is 1.09 bits per heavy atom. The Labute approximate surface area is 262 Å². The summed E-state index contributed by atoms with van der Waals surface area (Å²) in [6, 6.07) is 50.6. The fourth-order valence-electron chi connectivity index (χ4n) is 7.38. The second-order valence-electron chi connectivity index (χ2n) is 11.9. The molecule has 0 spiro atoms. The lowest BCUT2D eigenvalue weighted by atomic mass is 9.83. The van der Waals surface area contributed by atoms with E-state index in [0.717, 1.165) is 29.4 Å². The van der Waals surface area contributed by atoms with Crippen molar-refractivity contribution < 1.29 is 4.42 Å². The van der Waals surface area contributed by atoms with Gasteiger partial charge in [0.25, 0.3) is 0 Å². The second kappa shape index (κ2) is 10.5. The largest absolute Gasteiger partial charge is 0.456 e.